The van der Waals surface area contributed by atoms with E-state index < -0.39 is 11.6 Å². The van der Waals surface area contributed by atoms with Gasteiger partial charge in [0.2, 0.25) is 5.95 Å². The number of halogens is 2. The first-order chi connectivity index (χ1) is 9.63. The Morgan fingerprint density at radius 3 is 2.60 bits per heavy atom. The fourth-order valence-corrected chi connectivity index (χ4v) is 1.91. The molecule has 3 rings (SSSR count). The Morgan fingerprint density at radius 1 is 1.00 bits per heavy atom. The molecule has 6 heteroatoms. The van der Waals surface area contributed by atoms with E-state index in [1.165, 1.54) is 6.07 Å². The Morgan fingerprint density at radius 2 is 1.80 bits per heavy atom. The highest BCUT2D eigenvalue weighted by atomic mass is 19.1. The van der Waals surface area contributed by atoms with Gasteiger partial charge in [0.15, 0.2) is 0 Å². The molecule has 0 atom stereocenters. The third-order valence-corrected chi connectivity index (χ3v) is 2.80. The maximum Gasteiger partial charge on any atom is 0.222 e. The van der Waals surface area contributed by atoms with Gasteiger partial charge in [-0.05, 0) is 24.3 Å². The van der Waals surface area contributed by atoms with Gasteiger partial charge in [-0.3, -0.25) is 0 Å². The predicted molar refractivity (Wildman–Crippen MR) is 73.6 cm³/mol. The number of para-hydroxylation sites is 1. The molecular weight excluding hydrogens is 262 g/mol. The van der Waals surface area contributed by atoms with E-state index in [0.717, 1.165) is 12.1 Å². The van der Waals surface area contributed by atoms with Crippen molar-refractivity contribution in [3.05, 3.63) is 54.1 Å². The van der Waals surface area contributed by atoms with Gasteiger partial charge in [-0.25, -0.2) is 13.8 Å². The van der Waals surface area contributed by atoms with E-state index in [0.29, 0.717) is 16.7 Å². The number of nitrogens with one attached hydrogen (secondary N) is 1. The lowest BCUT2D eigenvalue weighted by molar-refractivity contribution is 0.586. The summed E-state index contributed by atoms with van der Waals surface area (Å²) in [6.45, 7) is 0. The van der Waals surface area contributed by atoms with Crippen LogP contribution in [0.15, 0.2) is 42.5 Å². The highest BCUT2D eigenvalue weighted by molar-refractivity contribution is 5.91. The third kappa shape index (κ3) is 2.23. The fraction of sp³-hybridized carbons (Fsp3) is 0. The largest absolute Gasteiger partial charge is 0.368 e. The van der Waals surface area contributed by atoms with Gasteiger partial charge < -0.3 is 11.1 Å². The van der Waals surface area contributed by atoms with Crippen LogP contribution in [0.4, 0.5) is 26.2 Å². The van der Waals surface area contributed by atoms with Gasteiger partial charge in [0.05, 0.1) is 11.2 Å². The first-order valence-corrected chi connectivity index (χ1v) is 5.88. The normalized spacial score (nSPS) is 10.7. The van der Waals surface area contributed by atoms with Crippen molar-refractivity contribution in [1.29, 1.82) is 0 Å². The van der Waals surface area contributed by atoms with Crippen molar-refractivity contribution in [1.82, 2.24) is 9.97 Å². The molecule has 1 aromatic heterocycles. The van der Waals surface area contributed by atoms with E-state index in [4.69, 9.17) is 5.73 Å². The van der Waals surface area contributed by atoms with E-state index in [9.17, 15) is 8.78 Å². The summed E-state index contributed by atoms with van der Waals surface area (Å²) >= 11 is 0. The number of hydrogen-bond donors (Lipinski definition) is 2. The molecule has 0 saturated heterocycles. The number of nitrogens with zero attached hydrogens (tertiary/aromatic N) is 2. The molecule has 0 unspecified atom stereocenters. The number of fused-ring (bicyclic) bond motifs is 1. The molecular formula is C14H10F2N4. The van der Waals surface area contributed by atoms with Crippen LogP contribution < -0.4 is 11.1 Å². The molecule has 3 aromatic rings. The Labute approximate surface area is 113 Å². The standard InChI is InChI=1S/C14H10F2N4/c15-8-5-6-12(10(16)7-8)18-13-9-3-1-2-4-11(9)19-14(17)20-13/h1-7H,(H3,17,18,19,20). The van der Waals surface area contributed by atoms with Crippen LogP contribution in [0.1, 0.15) is 0 Å². The van der Waals surface area contributed by atoms with Gasteiger partial charge in [0.1, 0.15) is 17.5 Å². The summed E-state index contributed by atoms with van der Waals surface area (Å²) < 4.78 is 26.5. The molecule has 100 valence electrons. The highest BCUT2D eigenvalue weighted by Crippen LogP contribution is 2.26. The van der Waals surface area contributed by atoms with Crippen molar-refractivity contribution in [2.75, 3.05) is 11.1 Å². The van der Waals surface area contributed by atoms with Crippen LogP contribution in [0.3, 0.4) is 0 Å². The van der Waals surface area contributed by atoms with E-state index in [-0.39, 0.29) is 11.6 Å². The zero-order chi connectivity index (χ0) is 14.1. The summed E-state index contributed by atoms with van der Waals surface area (Å²) in [6, 6.07) is 10.5. The molecule has 0 fully saturated rings. The first-order valence-electron chi connectivity index (χ1n) is 5.88. The lowest BCUT2D eigenvalue weighted by atomic mass is 10.2. The Kier molecular flexibility index (Phi) is 2.90. The monoisotopic (exact) mass is 272 g/mol. The van der Waals surface area contributed by atoms with Crippen molar-refractivity contribution < 1.29 is 8.78 Å². The smallest absolute Gasteiger partial charge is 0.222 e. The van der Waals surface area contributed by atoms with Crippen molar-refractivity contribution >= 4 is 28.4 Å². The molecule has 0 bridgehead atoms. The number of anilines is 3. The topological polar surface area (TPSA) is 63.8 Å². The number of nitrogens with two attached hydrogens (primary N) is 1. The minimum atomic E-state index is -0.703. The second-order valence-electron chi connectivity index (χ2n) is 4.20. The molecule has 2 aromatic carbocycles. The fourth-order valence-electron chi connectivity index (χ4n) is 1.91. The van der Waals surface area contributed by atoms with E-state index in [2.05, 4.69) is 15.3 Å². The molecule has 0 aliphatic carbocycles. The lowest BCUT2D eigenvalue weighted by Crippen LogP contribution is -2.02. The van der Waals surface area contributed by atoms with Crippen LogP contribution in [-0.4, -0.2) is 9.97 Å². The Bertz CT molecular complexity index is 789. The van der Waals surface area contributed by atoms with E-state index in [1.54, 1.807) is 12.1 Å². The maximum atomic E-state index is 13.7. The van der Waals surface area contributed by atoms with Crippen LogP contribution in [-0.2, 0) is 0 Å². The van der Waals surface area contributed by atoms with Gasteiger partial charge >= 0.3 is 0 Å². The molecule has 0 aliphatic heterocycles. The van der Waals surface area contributed by atoms with Gasteiger partial charge in [0, 0.05) is 11.5 Å². The molecule has 20 heavy (non-hydrogen) atoms. The summed E-state index contributed by atoms with van der Waals surface area (Å²) in [5.41, 5.74) is 6.39. The van der Waals surface area contributed by atoms with E-state index in [1.807, 2.05) is 12.1 Å². The van der Waals surface area contributed by atoms with Crippen molar-refractivity contribution in [3.63, 3.8) is 0 Å². The van der Waals surface area contributed by atoms with Crippen LogP contribution in [0, 0.1) is 11.6 Å². The molecule has 4 nitrogen and oxygen atoms in total. The summed E-state index contributed by atoms with van der Waals surface area (Å²) in [5.74, 6) is -0.890. The summed E-state index contributed by atoms with van der Waals surface area (Å²) in [5, 5.41) is 3.51. The number of hydrogen-bond acceptors (Lipinski definition) is 4. The first kappa shape index (κ1) is 12.3. The average molecular weight is 272 g/mol. The highest BCUT2D eigenvalue weighted by Gasteiger charge is 2.09. The molecule has 0 saturated carbocycles. The Hall–Kier alpha value is -2.76. The molecule has 0 spiro atoms. The molecule has 0 aliphatic rings. The second kappa shape index (κ2) is 4.73. The molecule has 1 heterocycles. The molecule has 0 radical (unpaired) electrons. The molecule has 3 N–H and O–H groups in total. The average Bonchev–Trinajstić information content (AvgIpc) is 2.41. The summed E-state index contributed by atoms with van der Waals surface area (Å²) in [4.78, 5) is 8.14. The van der Waals surface area contributed by atoms with Crippen molar-refractivity contribution in [2.24, 2.45) is 0 Å². The van der Waals surface area contributed by atoms with E-state index >= 15 is 0 Å². The zero-order valence-electron chi connectivity index (χ0n) is 10.3. The van der Waals surface area contributed by atoms with Gasteiger partial charge in [-0.2, -0.15) is 4.98 Å². The number of benzene rings is 2. The number of aromatic nitrogens is 2. The van der Waals surface area contributed by atoms with Crippen LogP contribution in [0.2, 0.25) is 0 Å². The van der Waals surface area contributed by atoms with Gasteiger partial charge in [0.25, 0.3) is 0 Å². The van der Waals surface area contributed by atoms with Crippen molar-refractivity contribution in [3.8, 4) is 0 Å². The number of nitrogen functional groups attached to an aromatic ring is 1. The lowest BCUT2D eigenvalue weighted by Gasteiger charge is -2.10. The van der Waals surface area contributed by atoms with Crippen LogP contribution >= 0.6 is 0 Å². The second-order valence-corrected chi connectivity index (χ2v) is 4.20. The quantitative estimate of drug-likeness (QED) is 0.751. The maximum absolute atomic E-state index is 13.7. The molecule has 0 amide bonds. The summed E-state index contributed by atoms with van der Waals surface area (Å²) in [6.07, 6.45) is 0. The SMILES string of the molecule is Nc1nc(Nc2ccc(F)cc2F)c2ccccc2n1. The summed E-state index contributed by atoms with van der Waals surface area (Å²) in [7, 11) is 0. The van der Waals surface area contributed by atoms with Crippen LogP contribution in [0.25, 0.3) is 10.9 Å². The Balaban J connectivity index is 2.10. The third-order valence-electron chi connectivity index (χ3n) is 2.80. The predicted octanol–water partition coefficient (Wildman–Crippen LogP) is 3.23. The van der Waals surface area contributed by atoms with Gasteiger partial charge in [-0.15, -0.1) is 0 Å². The van der Waals surface area contributed by atoms with Gasteiger partial charge in [-0.1, -0.05) is 12.1 Å². The number of rotatable bonds is 2. The van der Waals surface area contributed by atoms with Crippen molar-refractivity contribution in [2.45, 2.75) is 0 Å². The minimum Gasteiger partial charge on any atom is -0.368 e. The van der Waals surface area contributed by atoms with Crippen LogP contribution in [0.5, 0.6) is 0 Å². The minimum absolute atomic E-state index is 0.0775. The zero-order valence-corrected chi connectivity index (χ0v) is 10.3.